The zero-order chi connectivity index (χ0) is 11.7. The third-order valence-electron chi connectivity index (χ3n) is 3.45. The molecule has 0 radical (unpaired) electrons. The van der Waals surface area contributed by atoms with Gasteiger partial charge in [0.15, 0.2) is 0 Å². The molecule has 0 saturated carbocycles. The summed E-state index contributed by atoms with van der Waals surface area (Å²) in [6.07, 6.45) is 4.65. The molecule has 2 nitrogen and oxygen atoms in total. The Labute approximate surface area is 103 Å². The summed E-state index contributed by atoms with van der Waals surface area (Å²) >= 11 is 5.20. The average molecular weight is 236 g/mol. The van der Waals surface area contributed by atoms with Gasteiger partial charge in [-0.05, 0) is 51.3 Å². The van der Waals surface area contributed by atoms with Crippen molar-refractivity contribution in [2.45, 2.75) is 45.7 Å². The highest BCUT2D eigenvalue weighted by Gasteiger charge is 2.27. The average Bonchev–Trinajstić information content (AvgIpc) is 2.71. The summed E-state index contributed by atoms with van der Waals surface area (Å²) in [6, 6.07) is 3.44. The minimum Gasteiger partial charge on any atom is -0.352 e. The number of aryl methyl sites for hydroxylation is 1. The Morgan fingerprint density at radius 2 is 2.25 bits per heavy atom. The summed E-state index contributed by atoms with van der Waals surface area (Å²) in [5.74, 6) is 0. The lowest BCUT2D eigenvalue weighted by molar-refractivity contribution is 0.205. The summed E-state index contributed by atoms with van der Waals surface area (Å²) in [6.45, 7) is 7.85. The Hall–Kier alpha value is -0.670. The summed E-state index contributed by atoms with van der Waals surface area (Å²) in [5.41, 5.74) is 2.57. The monoisotopic (exact) mass is 236 g/mol. The topological polar surface area (TPSA) is 19.0 Å². The van der Waals surface area contributed by atoms with E-state index in [0.29, 0.717) is 12.1 Å². The molecule has 16 heavy (non-hydrogen) atoms. The molecule has 1 aromatic rings. The van der Waals surface area contributed by atoms with E-state index in [0.717, 1.165) is 4.64 Å². The van der Waals surface area contributed by atoms with Crippen LogP contribution in [0.15, 0.2) is 12.3 Å². The van der Waals surface area contributed by atoms with E-state index in [1.165, 1.54) is 30.5 Å². The number of rotatable bonds is 2. The van der Waals surface area contributed by atoms with Gasteiger partial charge in [-0.1, -0.05) is 18.3 Å². The third kappa shape index (κ3) is 2.20. The van der Waals surface area contributed by atoms with E-state index in [-0.39, 0.29) is 0 Å². The first kappa shape index (κ1) is 11.8. The molecule has 0 aromatic carbocycles. The lowest BCUT2D eigenvalue weighted by Gasteiger charge is -2.28. The Bertz CT molecular complexity index is 422. The summed E-state index contributed by atoms with van der Waals surface area (Å²) in [5, 5.41) is 0. The molecule has 1 atom stereocenters. The lowest BCUT2D eigenvalue weighted by atomic mass is 10.0. The van der Waals surface area contributed by atoms with Gasteiger partial charge in [-0.25, -0.2) is 0 Å². The van der Waals surface area contributed by atoms with Crippen molar-refractivity contribution in [1.82, 2.24) is 9.88 Å². The zero-order valence-electron chi connectivity index (χ0n) is 10.3. The number of H-pyrrole nitrogens is 1. The van der Waals surface area contributed by atoms with Crippen LogP contribution in [0.5, 0.6) is 0 Å². The summed E-state index contributed by atoms with van der Waals surface area (Å²) in [7, 11) is 0. The van der Waals surface area contributed by atoms with Crippen molar-refractivity contribution >= 4 is 12.2 Å². The van der Waals surface area contributed by atoms with Crippen LogP contribution in [0.3, 0.4) is 0 Å². The maximum absolute atomic E-state index is 5.20. The van der Waals surface area contributed by atoms with Crippen molar-refractivity contribution in [3.63, 3.8) is 0 Å². The quantitative estimate of drug-likeness (QED) is 0.791. The molecule has 1 aliphatic heterocycles. The molecule has 88 valence electrons. The van der Waals surface area contributed by atoms with Gasteiger partial charge < -0.3 is 4.98 Å². The molecule has 0 spiro atoms. The molecule has 0 bridgehead atoms. The minimum atomic E-state index is 0.575. The molecular formula is C13H20N2S. The van der Waals surface area contributed by atoms with Gasteiger partial charge in [-0.2, -0.15) is 0 Å². The van der Waals surface area contributed by atoms with Crippen molar-refractivity contribution in [2.24, 2.45) is 0 Å². The first-order valence-corrected chi connectivity index (χ1v) is 6.45. The molecule has 1 aromatic heterocycles. The van der Waals surface area contributed by atoms with Gasteiger partial charge >= 0.3 is 0 Å². The SMILES string of the molecule is Cc1cc([C@H]2CCCN2C(C)C)c[nH]c1=S. The van der Waals surface area contributed by atoms with Crippen LogP contribution in [0.25, 0.3) is 0 Å². The van der Waals surface area contributed by atoms with Crippen LogP contribution >= 0.6 is 12.2 Å². The van der Waals surface area contributed by atoms with Crippen molar-refractivity contribution in [1.29, 1.82) is 0 Å². The highest BCUT2D eigenvalue weighted by atomic mass is 32.1. The molecule has 0 unspecified atom stereocenters. The number of pyridine rings is 1. The van der Waals surface area contributed by atoms with Gasteiger partial charge in [-0.3, -0.25) is 4.90 Å². The number of nitrogens with one attached hydrogen (secondary N) is 1. The molecular weight excluding hydrogens is 216 g/mol. The van der Waals surface area contributed by atoms with E-state index in [9.17, 15) is 0 Å². The predicted octanol–water partition coefficient (Wildman–Crippen LogP) is 3.60. The highest BCUT2D eigenvalue weighted by Crippen LogP contribution is 2.33. The second kappa shape index (κ2) is 4.68. The van der Waals surface area contributed by atoms with Crippen molar-refractivity contribution in [3.05, 3.63) is 28.0 Å². The Morgan fingerprint density at radius 1 is 1.50 bits per heavy atom. The maximum Gasteiger partial charge on any atom is 0.106 e. The van der Waals surface area contributed by atoms with E-state index in [1.807, 2.05) is 0 Å². The Balaban J connectivity index is 2.29. The number of aromatic amines is 1. The Kier molecular flexibility index (Phi) is 3.45. The predicted molar refractivity (Wildman–Crippen MR) is 70.2 cm³/mol. The first-order chi connectivity index (χ1) is 7.59. The molecule has 1 saturated heterocycles. The largest absolute Gasteiger partial charge is 0.352 e. The van der Waals surface area contributed by atoms with Crippen LogP contribution in [0, 0.1) is 11.6 Å². The molecule has 0 aliphatic carbocycles. The molecule has 1 fully saturated rings. The van der Waals surface area contributed by atoms with Gasteiger partial charge in [0.25, 0.3) is 0 Å². The van der Waals surface area contributed by atoms with E-state index in [1.54, 1.807) is 0 Å². The van der Waals surface area contributed by atoms with Gasteiger partial charge in [0.2, 0.25) is 0 Å². The van der Waals surface area contributed by atoms with Crippen LogP contribution in [-0.4, -0.2) is 22.5 Å². The zero-order valence-corrected chi connectivity index (χ0v) is 11.1. The van der Waals surface area contributed by atoms with Crippen molar-refractivity contribution in [3.8, 4) is 0 Å². The molecule has 1 N–H and O–H groups in total. The van der Waals surface area contributed by atoms with E-state index >= 15 is 0 Å². The fourth-order valence-electron chi connectivity index (χ4n) is 2.58. The first-order valence-electron chi connectivity index (χ1n) is 6.04. The molecule has 1 aliphatic rings. The van der Waals surface area contributed by atoms with Crippen LogP contribution in [0.1, 0.15) is 43.9 Å². The number of hydrogen-bond donors (Lipinski definition) is 1. The molecule has 2 rings (SSSR count). The molecule has 2 heterocycles. The third-order valence-corrected chi connectivity index (χ3v) is 3.89. The molecule has 0 amide bonds. The van der Waals surface area contributed by atoms with Gasteiger partial charge in [-0.15, -0.1) is 0 Å². The van der Waals surface area contributed by atoms with Gasteiger partial charge in [0, 0.05) is 18.3 Å². The normalized spacial score (nSPS) is 21.9. The fourth-order valence-corrected chi connectivity index (χ4v) is 2.70. The van der Waals surface area contributed by atoms with Crippen LogP contribution in [0.2, 0.25) is 0 Å². The van der Waals surface area contributed by atoms with E-state index in [4.69, 9.17) is 12.2 Å². The smallest absolute Gasteiger partial charge is 0.106 e. The summed E-state index contributed by atoms with van der Waals surface area (Å²) < 4.78 is 0.859. The number of likely N-dealkylation sites (tertiary alicyclic amines) is 1. The summed E-state index contributed by atoms with van der Waals surface area (Å²) in [4.78, 5) is 5.77. The van der Waals surface area contributed by atoms with Gasteiger partial charge in [0.05, 0.1) is 0 Å². The number of hydrogen-bond acceptors (Lipinski definition) is 2. The number of nitrogens with zero attached hydrogens (tertiary/aromatic N) is 1. The van der Waals surface area contributed by atoms with Crippen LogP contribution in [-0.2, 0) is 0 Å². The fraction of sp³-hybridized carbons (Fsp3) is 0.615. The maximum atomic E-state index is 5.20. The second-order valence-corrected chi connectivity index (χ2v) is 5.34. The van der Waals surface area contributed by atoms with Gasteiger partial charge in [0.1, 0.15) is 4.64 Å². The number of aromatic nitrogens is 1. The minimum absolute atomic E-state index is 0.575. The van der Waals surface area contributed by atoms with Crippen molar-refractivity contribution < 1.29 is 0 Å². The van der Waals surface area contributed by atoms with Crippen LogP contribution in [0.4, 0.5) is 0 Å². The standard InChI is InChI=1S/C13H20N2S/c1-9(2)15-6-4-5-12(15)11-7-10(3)13(16)14-8-11/h7-9,12H,4-6H2,1-3H3,(H,14,16)/t12-/m1/s1. The van der Waals surface area contributed by atoms with Crippen LogP contribution < -0.4 is 0 Å². The lowest BCUT2D eigenvalue weighted by Crippen LogP contribution is -2.30. The molecule has 3 heteroatoms. The Morgan fingerprint density at radius 3 is 2.88 bits per heavy atom. The second-order valence-electron chi connectivity index (χ2n) is 4.93. The van der Waals surface area contributed by atoms with E-state index in [2.05, 4.69) is 42.9 Å². The highest BCUT2D eigenvalue weighted by molar-refractivity contribution is 7.71. The van der Waals surface area contributed by atoms with E-state index < -0.39 is 0 Å². The van der Waals surface area contributed by atoms with Crippen molar-refractivity contribution in [2.75, 3.05) is 6.54 Å².